The molecule has 0 saturated carbocycles. The van der Waals surface area contributed by atoms with E-state index >= 15 is 0 Å². The first-order valence-electron chi connectivity index (χ1n) is 28.1. The van der Waals surface area contributed by atoms with E-state index in [0.717, 1.165) is 64.2 Å². The van der Waals surface area contributed by atoms with Crippen molar-refractivity contribution in [1.82, 2.24) is 5.32 Å². The number of nitrogens with one attached hydrogen (secondary N) is 1. The number of unbranched alkanes of at least 4 members (excludes halogenated alkanes) is 27. The topological polar surface area (TPSA) is 228 Å². The fraction of sp³-hybridized carbons (Fsp3) is 0.909. The molecular weight excluding hydrogens is 883 g/mol. The van der Waals surface area contributed by atoms with Crippen LogP contribution in [-0.2, 0) is 23.7 Å². The standard InChI is InChI=1S/C55H103NO13/c1-3-5-7-9-11-13-15-17-19-21-22-23-25-27-29-31-33-35-37-39-47(60)56-43(44(59)38-36-34-32-30-28-26-24-20-18-16-14-12-10-8-6-4-2)42-66-54-52(65)50(63)53(46(41-58)68-54)69-55-51(64)49(62)48(61)45(40-57)67-55/h11,13,17,19,43-46,48-55,57-59,61-65H,3-10,12,14-16,18,20-42H2,1-2H3,(H,56,60)/b13-11-,19-17-. The lowest BCUT2D eigenvalue weighted by Crippen LogP contribution is -2.65. The van der Waals surface area contributed by atoms with E-state index in [1.54, 1.807) is 0 Å². The predicted molar refractivity (Wildman–Crippen MR) is 272 cm³/mol. The lowest BCUT2D eigenvalue weighted by Gasteiger charge is -2.46. The summed E-state index contributed by atoms with van der Waals surface area (Å²) in [5, 5.41) is 87.1. The van der Waals surface area contributed by atoms with Gasteiger partial charge in [-0.25, -0.2) is 0 Å². The molecule has 14 nitrogen and oxygen atoms in total. The number of aliphatic hydroxyl groups excluding tert-OH is 8. The van der Waals surface area contributed by atoms with Gasteiger partial charge in [0, 0.05) is 6.42 Å². The smallest absolute Gasteiger partial charge is 0.220 e. The van der Waals surface area contributed by atoms with E-state index in [4.69, 9.17) is 18.9 Å². The molecule has 2 aliphatic heterocycles. The number of hydrogen-bond acceptors (Lipinski definition) is 13. The lowest BCUT2D eigenvalue weighted by molar-refractivity contribution is -0.359. The second-order valence-electron chi connectivity index (χ2n) is 20.1. The van der Waals surface area contributed by atoms with Crippen molar-refractivity contribution in [3.8, 4) is 0 Å². The summed E-state index contributed by atoms with van der Waals surface area (Å²) in [5.41, 5.74) is 0. The Balaban J connectivity index is 1.79. The highest BCUT2D eigenvalue weighted by Crippen LogP contribution is 2.30. The van der Waals surface area contributed by atoms with Crippen molar-refractivity contribution >= 4 is 5.91 Å². The van der Waals surface area contributed by atoms with Crippen molar-refractivity contribution in [2.24, 2.45) is 0 Å². The molecule has 0 aliphatic carbocycles. The van der Waals surface area contributed by atoms with E-state index < -0.39 is 86.8 Å². The maximum atomic E-state index is 13.2. The third kappa shape index (κ3) is 28.5. The van der Waals surface area contributed by atoms with Crippen molar-refractivity contribution in [2.75, 3.05) is 19.8 Å². The van der Waals surface area contributed by atoms with Gasteiger partial charge in [0.1, 0.15) is 48.8 Å². The average Bonchev–Trinajstić information content (AvgIpc) is 3.35. The first-order chi connectivity index (χ1) is 33.6. The minimum Gasteiger partial charge on any atom is -0.394 e. The monoisotopic (exact) mass is 986 g/mol. The third-order valence-corrected chi connectivity index (χ3v) is 13.9. The molecule has 0 aromatic carbocycles. The van der Waals surface area contributed by atoms with Gasteiger partial charge in [0.05, 0.1) is 32.0 Å². The number of rotatable bonds is 44. The van der Waals surface area contributed by atoms with Crippen LogP contribution in [0, 0.1) is 0 Å². The van der Waals surface area contributed by atoms with Gasteiger partial charge in [-0.2, -0.15) is 0 Å². The van der Waals surface area contributed by atoms with Gasteiger partial charge < -0.3 is 65.1 Å². The van der Waals surface area contributed by atoms with Crippen LogP contribution in [0.5, 0.6) is 0 Å². The Morgan fingerprint density at radius 2 is 0.957 bits per heavy atom. The van der Waals surface area contributed by atoms with Crippen LogP contribution in [0.1, 0.15) is 226 Å². The largest absolute Gasteiger partial charge is 0.394 e. The Morgan fingerprint density at radius 3 is 1.48 bits per heavy atom. The fourth-order valence-corrected chi connectivity index (χ4v) is 9.33. The number of allylic oxidation sites excluding steroid dienone is 4. The molecular formula is C55H103NO13. The Kier molecular flexibility index (Phi) is 38.6. The molecule has 0 aromatic heterocycles. The number of ether oxygens (including phenoxy) is 4. The second kappa shape index (κ2) is 41.9. The molecule has 69 heavy (non-hydrogen) atoms. The number of aliphatic hydroxyl groups is 8. The number of carbonyl (C=O) groups excluding carboxylic acids is 1. The van der Waals surface area contributed by atoms with E-state index in [9.17, 15) is 45.6 Å². The molecule has 12 unspecified atom stereocenters. The first kappa shape index (κ1) is 63.6. The van der Waals surface area contributed by atoms with Crippen LogP contribution in [0.2, 0.25) is 0 Å². The van der Waals surface area contributed by atoms with Crippen LogP contribution in [0.3, 0.4) is 0 Å². The summed E-state index contributed by atoms with van der Waals surface area (Å²) < 4.78 is 22.8. The highest BCUT2D eigenvalue weighted by atomic mass is 16.7. The Labute approximate surface area is 418 Å². The Bertz CT molecular complexity index is 1260. The molecule has 0 aromatic rings. The van der Waals surface area contributed by atoms with Crippen LogP contribution >= 0.6 is 0 Å². The van der Waals surface area contributed by atoms with Gasteiger partial charge in [-0.15, -0.1) is 0 Å². The molecule has 2 heterocycles. The van der Waals surface area contributed by atoms with Crippen LogP contribution in [0.25, 0.3) is 0 Å². The quantitative estimate of drug-likeness (QED) is 0.0206. The van der Waals surface area contributed by atoms with E-state index in [1.165, 1.54) is 135 Å². The van der Waals surface area contributed by atoms with Crippen LogP contribution < -0.4 is 5.32 Å². The average molecular weight is 986 g/mol. The highest BCUT2D eigenvalue weighted by molar-refractivity contribution is 5.76. The zero-order valence-electron chi connectivity index (χ0n) is 43.3. The molecule has 12 atom stereocenters. The van der Waals surface area contributed by atoms with Crippen LogP contribution in [0.4, 0.5) is 0 Å². The van der Waals surface area contributed by atoms with Crippen molar-refractivity contribution < 1.29 is 64.6 Å². The highest BCUT2D eigenvalue weighted by Gasteiger charge is 2.51. The molecule has 0 spiro atoms. The number of amides is 1. The summed E-state index contributed by atoms with van der Waals surface area (Å²) in [6.45, 7) is 2.84. The minimum atomic E-state index is -1.78. The summed E-state index contributed by atoms with van der Waals surface area (Å²) >= 11 is 0. The summed E-state index contributed by atoms with van der Waals surface area (Å²) in [6, 6.07) is -0.829. The maximum absolute atomic E-state index is 13.2. The first-order valence-corrected chi connectivity index (χ1v) is 28.1. The van der Waals surface area contributed by atoms with E-state index in [2.05, 4.69) is 43.5 Å². The van der Waals surface area contributed by atoms with Gasteiger partial charge in [0.25, 0.3) is 0 Å². The Hall–Kier alpha value is -1.53. The molecule has 0 bridgehead atoms. The second-order valence-corrected chi connectivity index (χ2v) is 20.1. The molecule has 9 N–H and O–H groups in total. The van der Waals surface area contributed by atoms with Crippen molar-refractivity contribution in [3.63, 3.8) is 0 Å². The summed E-state index contributed by atoms with van der Waals surface area (Å²) in [4.78, 5) is 13.2. The van der Waals surface area contributed by atoms with Gasteiger partial charge in [0.15, 0.2) is 12.6 Å². The fourth-order valence-electron chi connectivity index (χ4n) is 9.33. The number of hydrogen-bond donors (Lipinski definition) is 9. The minimum absolute atomic E-state index is 0.210. The number of carbonyl (C=O) groups is 1. The van der Waals surface area contributed by atoms with Crippen LogP contribution in [0.15, 0.2) is 24.3 Å². The summed E-state index contributed by atoms with van der Waals surface area (Å²) in [5.74, 6) is -0.210. The molecule has 1 amide bonds. The SMILES string of the molecule is CCCCC/C=C\C/C=C\CCCCCCCCCCCC(=O)NC(COC1OC(CO)C(OC2OC(CO)C(O)C(O)C2O)C(O)C1O)C(O)CCCCCCCCCCCCCCCCCC. The van der Waals surface area contributed by atoms with Gasteiger partial charge in [-0.05, 0) is 44.9 Å². The van der Waals surface area contributed by atoms with Crippen LogP contribution in [-0.4, -0.2) is 140 Å². The van der Waals surface area contributed by atoms with Gasteiger partial charge >= 0.3 is 0 Å². The maximum Gasteiger partial charge on any atom is 0.220 e. The van der Waals surface area contributed by atoms with Gasteiger partial charge in [-0.3, -0.25) is 4.79 Å². The summed E-state index contributed by atoms with van der Waals surface area (Å²) in [7, 11) is 0. The van der Waals surface area contributed by atoms with Gasteiger partial charge in [-0.1, -0.05) is 199 Å². The lowest BCUT2D eigenvalue weighted by atomic mass is 9.97. The van der Waals surface area contributed by atoms with Crippen molar-refractivity contribution in [2.45, 2.75) is 299 Å². The van der Waals surface area contributed by atoms with Crippen molar-refractivity contribution in [1.29, 1.82) is 0 Å². The third-order valence-electron chi connectivity index (χ3n) is 13.9. The zero-order chi connectivity index (χ0) is 50.3. The molecule has 406 valence electrons. The van der Waals surface area contributed by atoms with E-state index in [1.807, 2.05) is 0 Å². The normalized spacial score (nSPS) is 26.3. The van der Waals surface area contributed by atoms with E-state index in [-0.39, 0.29) is 12.5 Å². The summed E-state index contributed by atoms with van der Waals surface area (Å²) in [6.07, 6.45) is 30.2. The predicted octanol–water partition coefficient (Wildman–Crippen LogP) is 8.50. The molecule has 2 saturated heterocycles. The van der Waals surface area contributed by atoms with Crippen molar-refractivity contribution in [3.05, 3.63) is 24.3 Å². The zero-order valence-corrected chi connectivity index (χ0v) is 43.3. The molecule has 2 aliphatic rings. The van der Waals surface area contributed by atoms with Gasteiger partial charge in [0.2, 0.25) is 5.91 Å². The molecule has 14 heteroatoms. The molecule has 2 rings (SSSR count). The molecule has 0 radical (unpaired) electrons. The van der Waals surface area contributed by atoms with E-state index in [0.29, 0.717) is 12.8 Å². The molecule has 2 fully saturated rings. The Morgan fingerprint density at radius 1 is 0.522 bits per heavy atom.